The van der Waals surface area contributed by atoms with Crippen LogP contribution in [0.25, 0.3) is 0 Å². The fraction of sp³-hybridized carbons (Fsp3) is 0.444. The van der Waals surface area contributed by atoms with Crippen LogP contribution < -0.4 is 5.32 Å². The molecule has 0 saturated carbocycles. The Balaban J connectivity index is 2.94. The van der Waals surface area contributed by atoms with Crippen molar-refractivity contribution in [1.82, 2.24) is 4.98 Å². The summed E-state index contributed by atoms with van der Waals surface area (Å²) in [4.78, 5) is 2.41. The van der Waals surface area contributed by atoms with Gasteiger partial charge in [-0.1, -0.05) is 6.92 Å². The lowest BCUT2D eigenvalue weighted by molar-refractivity contribution is 0.244. The number of halogens is 4. The van der Waals surface area contributed by atoms with E-state index < -0.39 is 29.2 Å². The molecule has 0 aliphatic rings. The van der Waals surface area contributed by atoms with Gasteiger partial charge in [-0.2, -0.15) is 22.5 Å². The molecule has 0 amide bonds. The van der Waals surface area contributed by atoms with E-state index in [0.717, 1.165) is 0 Å². The molecule has 7 heteroatoms. The molecule has 1 aromatic heterocycles. The second-order valence-corrected chi connectivity index (χ2v) is 3.37. The molecule has 16 heavy (non-hydrogen) atoms. The van der Waals surface area contributed by atoms with Crippen LogP contribution in [0.4, 0.5) is 23.2 Å². The summed E-state index contributed by atoms with van der Waals surface area (Å²) in [6, 6.07) is 0. The van der Waals surface area contributed by atoms with Crippen molar-refractivity contribution >= 4 is 5.69 Å². The predicted molar refractivity (Wildman–Crippen MR) is 48.8 cm³/mol. The zero-order valence-corrected chi connectivity index (χ0v) is 8.40. The summed E-state index contributed by atoms with van der Waals surface area (Å²) in [6.45, 7) is 1.36. The molecule has 2 N–H and O–H groups in total. The van der Waals surface area contributed by atoms with Gasteiger partial charge in [-0.15, -0.1) is 0 Å². The first-order valence-corrected chi connectivity index (χ1v) is 4.52. The van der Waals surface area contributed by atoms with Crippen molar-refractivity contribution in [2.75, 3.05) is 18.5 Å². The van der Waals surface area contributed by atoms with E-state index in [9.17, 15) is 17.6 Å². The first-order chi connectivity index (χ1) is 7.47. The molecule has 0 aliphatic heterocycles. The maximum atomic E-state index is 13.0. The number of aliphatic hydroxyl groups is 1. The number of rotatable bonds is 4. The minimum absolute atomic E-state index is 0.0206. The number of hydrogen-bond acceptors (Lipinski definition) is 3. The van der Waals surface area contributed by atoms with Crippen molar-refractivity contribution in [2.45, 2.75) is 6.92 Å². The number of nitrogens with one attached hydrogen (secondary N) is 1. The molecule has 0 aliphatic carbocycles. The van der Waals surface area contributed by atoms with Gasteiger partial charge in [-0.3, -0.25) is 0 Å². The van der Waals surface area contributed by atoms with Crippen LogP contribution in [0.5, 0.6) is 0 Å². The SMILES string of the molecule is CC(CO)CNc1c(F)c(F)nc(F)c1F. The fourth-order valence-electron chi connectivity index (χ4n) is 0.983. The molecule has 0 radical (unpaired) electrons. The largest absolute Gasteiger partial charge is 0.396 e. The summed E-state index contributed by atoms with van der Waals surface area (Å²) in [7, 11) is 0. The lowest BCUT2D eigenvalue weighted by atomic mass is 10.2. The third-order valence-electron chi connectivity index (χ3n) is 1.94. The smallest absolute Gasteiger partial charge is 0.253 e. The van der Waals surface area contributed by atoms with E-state index in [2.05, 4.69) is 10.3 Å². The van der Waals surface area contributed by atoms with E-state index in [0.29, 0.717) is 0 Å². The molecule has 0 spiro atoms. The van der Waals surface area contributed by atoms with Crippen LogP contribution in [0.15, 0.2) is 0 Å². The Morgan fingerprint density at radius 3 is 2.12 bits per heavy atom. The third-order valence-corrected chi connectivity index (χ3v) is 1.94. The highest BCUT2D eigenvalue weighted by molar-refractivity contribution is 5.45. The number of hydrogen-bond donors (Lipinski definition) is 2. The molecule has 90 valence electrons. The van der Waals surface area contributed by atoms with E-state index in [1.54, 1.807) is 6.92 Å². The van der Waals surface area contributed by atoms with Crippen molar-refractivity contribution in [1.29, 1.82) is 0 Å². The topological polar surface area (TPSA) is 45.1 Å². The molecule has 1 unspecified atom stereocenters. The van der Waals surface area contributed by atoms with E-state index in [1.807, 2.05) is 0 Å². The van der Waals surface area contributed by atoms with Crippen LogP contribution in [-0.4, -0.2) is 23.2 Å². The van der Waals surface area contributed by atoms with Crippen molar-refractivity contribution in [3.63, 3.8) is 0 Å². The molecular weight excluding hydrogens is 228 g/mol. The van der Waals surface area contributed by atoms with Gasteiger partial charge in [0.15, 0.2) is 0 Å². The van der Waals surface area contributed by atoms with E-state index in [1.165, 1.54) is 0 Å². The third kappa shape index (κ3) is 2.60. The van der Waals surface area contributed by atoms with Crippen molar-refractivity contribution in [3.05, 3.63) is 23.5 Å². The zero-order chi connectivity index (χ0) is 12.3. The first-order valence-electron chi connectivity index (χ1n) is 4.52. The van der Waals surface area contributed by atoms with Crippen LogP contribution in [0.2, 0.25) is 0 Å². The zero-order valence-electron chi connectivity index (χ0n) is 8.40. The molecule has 0 aromatic carbocycles. The van der Waals surface area contributed by atoms with E-state index in [-0.39, 0.29) is 19.1 Å². The molecule has 1 rings (SSSR count). The summed E-state index contributed by atoms with van der Waals surface area (Å²) in [5.41, 5.74) is -0.912. The Hall–Kier alpha value is -1.37. The van der Waals surface area contributed by atoms with Gasteiger partial charge < -0.3 is 10.4 Å². The van der Waals surface area contributed by atoms with E-state index >= 15 is 0 Å². The van der Waals surface area contributed by atoms with Crippen LogP contribution in [-0.2, 0) is 0 Å². The quantitative estimate of drug-likeness (QED) is 0.619. The summed E-state index contributed by atoms with van der Waals surface area (Å²) in [5, 5.41) is 10.9. The van der Waals surface area contributed by atoms with E-state index in [4.69, 9.17) is 5.11 Å². The highest BCUT2D eigenvalue weighted by Gasteiger charge is 2.20. The Kier molecular flexibility index (Phi) is 4.05. The fourth-order valence-corrected chi connectivity index (χ4v) is 0.983. The van der Waals surface area contributed by atoms with Crippen molar-refractivity contribution in [3.8, 4) is 0 Å². The number of nitrogens with zero attached hydrogens (tertiary/aromatic N) is 1. The lowest BCUT2D eigenvalue weighted by Gasteiger charge is -2.12. The highest BCUT2D eigenvalue weighted by Crippen LogP contribution is 2.22. The summed E-state index contributed by atoms with van der Waals surface area (Å²) >= 11 is 0. The summed E-state index contributed by atoms with van der Waals surface area (Å²) in [6.07, 6.45) is 0. The average molecular weight is 238 g/mol. The molecule has 1 atom stereocenters. The van der Waals surface area contributed by atoms with Crippen LogP contribution >= 0.6 is 0 Å². The van der Waals surface area contributed by atoms with Gasteiger partial charge in [0.05, 0.1) is 0 Å². The van der Waals surface area contributed by atoms with Crippen LogP contribution in [0, 0.1) is 29.4 Å². The van der Waals surface area contributed by atoms with Crippen LogP contribution in [0.1, 0.15) is 6.92 Å². The van der Waals surface area contributed by atoms with Gasteiger partial charge in [0, 0.05) is 13.2 Å². The minimum atomic E-state index is -1.71. The molecule has 1 heterocycles. The van der Waals surface area contributed by atoms with Crippen LogP contribution in [0.3, 0.4) is 0 Å². The summed E-state index contributed by atoms with van der Waals surface area (Å²) in [5.74, 6) is -6.89. The molecular formula is C9H10F4N2O. The molecule has 0 fully saturated rings. The second kappa shape index (κ2) is 5.11. The van der Waals surface area contributed by atoms with Gasteiger partial charge in [0.25, 0.3) is 11.9 Å². The first kappa shape index (κ1) is 12.7. The van der Waals surface area contributed by atoms with Crippen molar-refractivity contribution < 1.29 is 22.7 Å². The average Bonchev–Trinajstić information content (AvgIpc) is 2.26. The number of aromatic nitrogens is 1. The predicted octanol–water partition coefficient (Wildman–Crippen LogP) is 1.68. The lowest BCUT2D eigenvalue weighted by Crippen LogP contribution is -2.17. The Bertz CT molecular complexity index is 360. The van der Waals surface area contributed by atoms with Crippen molar-refractivity contribution in [2.24, 2.45) is 5.92 Å². The molecule has 1 aromatic rings. The minimum Gasteiger partial charge on any atom is -0.396 e. The standard InChI is InChI=1S/C9H10F4N2O/c1-4(3-16)2-14-7-5(10)8(12)15-9(13)6(7)11/h4,16H,2-3H2,1H3,(H,14,15). The number of pyridine rings is 1. The Labute approximate surface area is 89.1 Å². The number of anilines is 1. The van der Waals surface area contributed by atoms with Gasteiger partial charge in [0.2, 0.25) is 11.6 Å². The van der Waals surface area contributed by atoms with Gasteiger partial charge in [0.1, 0.15) is 5.69 Å². The Morgan fingerprint density at radius 2 is 1.69 bits per heavy atom. The monoisotopic (exact) mass is 238 g/mol. The maximum absolute atomic E-state index is 13.0. The normalized spacial score (nSPS) is 12.6. The Morgan fingerprint density at radius 1 is 1.19 bits per heavy atom. The second-order valence-electron chi connectivity index (χ2n) is 3.37. The van der Waals surface area contributed by atoms with Gasteiger partial charge >= 0.3 is 0 Å². The molecule has 0 saturated heterocycles. The van der Waals surface area contributed by atoms with Gasteiger partial charge in [-0.25, -0.2) is 0 Å². The molecule has 0 bridgehead atoms. The number of aliphatic hydroxyl groups excluding tert-OH is 1. The maximum Gasteiger partial charge on any atom is 0.253 e. The van der Waals surface area contributed by atoms with Gasteiger partial charge in [-0.05, 0) is 5.92 Å². The molecule has 3 nitrogen and oxygen atoms in total. The summed E-state index contributed by atoms with van der Waals surface area (Å²) < 4.78 is 51.3. The highest BCUT2D eigenvalue weighted by atomic mass is 19.2.